The number of nitrogens with one attached hydrogen (secondary N) is 2. The molecule has 2 amide bonds. The number of aromatic nitrogens is 1. The van der Waals surface area contributed by atoms with Crippen molar-refractivity contribution >= 4 is 53.7 Å². The maximum absolute atomic E-state index is 12.1. The van der Waals surface area contributed by atoms with E-state index in [9.17, 15) is 9.59 Å². The fourth-order valence-corrected chi connectivity index (χ4v) is 2.60. The van der Waals surface area contributed by atoms with Crippen LogP contribution in [0.5, 0.6) is 0 Å². The van der Waals surface area contributed by atoms with Gasteiger partial charge in [0.25, 0.3) is 11.8 Å². The monoisotopic (exact) mass is 390 g/mol. The third-order valence-corrected chi connectivity index (χ3v) is 3.89. The van der Waals surface area contributed by atoms with E-state index in [1.165, 1.54) is 11.3 Å². The number of nitrogens with two attached hydrogens (primary N) is 1. The molecular weight excluding hydrogens is 371 g/mol. The zero-order chi connectivity index (χ0) is 15.8. The van der Waals surface area contributed by atoms with Crippen LogP contribution in [-0.4, -0.2) is 29.9 Å². The number of halogens is 2. The largest absolute Gasteiger partial charge is 0.351 e. The number of thiophene rings is 1. The summed E-state index contributed by atoms with van der Waals surface area (Å²) in [5, 5.41) is 7.35. The molecule has 0 atom stereocenters. The van der Waals surface area contributed by atoms with E-state index in [4.69, 9.17) is 5.73 Å². The van der Waals surface area contributed by atoms with E-state index in [2.05, 4.69) is 15.6 Å². The molecule has 0 saturated heterocycles. The highest BCUT2D eigenvalue weighted by atomic mass is 35.5. The van der Waals surface area contributed by atoms with E-state index in [1.807, 2.05) is 0 Å². The van der Waals surface area contributed by atoms with Crippen LogP contribution in [0.2, 0.25) is 0 Å². The highest BCUT2D eigenvalue weighted by molar-refractivity contribution is 7.12. The van der Waals surface area contributed by atoms with Crippen molar-refractivity contribution in [1.82, 2.24) is 10.3 Å². The van der Waals surface area contributed by atoms with Crippen LogP contribution in [0, 0.1) is 0 Å². The van der Waals surface area contributed by atoms with Gasteiger partial charge in [-0.2, -0.15) is 0 Å². The molecule has 4 N–H and O–H groups in total. The van der Waals surface area contributed by atoms with Crippen molar-refractivity contribution in [2.45, 2.75) is 12.8 Å². The van der Waals surface area contributed by atoms with E-state index in [1.54, 1.807) is 36.0 Å². The van der Waals surface area contributed by atoms with Crippen molar-refractivity contribution in [3.05, 3.63) is 46.4 Å². The quantitative estimate of drug-likeness (QED) is 0.633. The fraction of sp³-hybridized carbons (Fsp3) is 0.267. The van der Waals surface area contributed by atoms with E-state index in [0.29, 0.717) is 29.2 Å². The number of anilines is 1. The van der Waals surface area contributed by atoms with Crippen LogP contribution < -0.4 is 16.4 Å². The number of nitrogens with zero attached hydrogens (tertiary/aromatic N) is 1. The molecule has 9 heteroatoms. The molecule has 0 aliphatic carbocycles. The van der Waals surface area contributed by atoms with Crippen LogP contribution >= 0.6 is 36.2 Å². The lowest BCUT2D eigenvalue weighted by molar-refractivity contribution is 0.0958. The van der Waals surface area contributed by atoms with E-state index in [0.717, 1.165) is 12.8 Å². The molecule has 2 rings (SSSR count). The molecule has 6 nitrogen and oxygen atoms in total. The van der Waals surface area contributed by atoms with Crippen molar-refractivity contribution in [1.29, 1.82) is 0 Å². The van der Waals surface area contributed by atoms with Crippen LogP contribution in [0.15, 0.2) is 36.0 Å². The fourth-order valence-electron chi connectivity index (χ4n) is 1.83. The summed E-state index contributed by atoms with van der Waals surface area (Å²) in [6.07, 6.45) is 4.81. The van der Waals surface area contributed by atoms with Crippen LogP contribution in [0.4, 0.5) is 5.69 Å². The lowest BCUT2D eigenvalue weighted by atomic mass is 10.2. The summed E-state index contributed by atoms with van der Waals surface area (Å²) < 4.78 is 0. The maximum Gasteiger partial charge on any atom is 0.263 e. The molecule has 0 spiro atoms. The van der Waals surface area contributed by atoms with E-state index in [-0.39, 0.29) is 36.6 Å². The molecule has 0 fully saturated rings. The van der Waals surface area contributed by atoms with Gasteiger partial charge in [-0.05, 0) is 43.0 Å². The van der Waals surface area contributed by atoms with Gasteiger partial charge in [0.05, 0.1) is 5.69 Å². The molecule has 0 bridgehead atoms. The molecule has 2 heterocycles. The Morgan fingerprint density at radius 3 is 2.46 bits per heavy atom. The lowest BCUT2D eigenvalue weighted by Gasteiger charge is -2.07. The number of carbonyl (C=O) groups excluding carboxylic acids is 2. The van der Waals surface area contributed by atoms with Gasteiger partial charge in [0, 0.05) is 24.5 Å². The van der Waals surface area contributed by atoms with E-state index >= 15 is 0 Å². The number of hydrogen-bond acceptors (Lipinski definition) is 5. The first kappa shape index (κ1) is 22.3. The number of carbonyl (C=O) groups is 2. The van der Waals surface area contributed by atoms with Crippen molar-refractivity contribution in [3.63, 3.8) is 0 Å². The van der Waals surface area contributed by atoms with Crippen LogP contribution in [0.25, 0.3) is 0 Å². The molecule has 0 aliphatic heterocycles. The second kappa shape index (κ2) is 11.8. The highest BCUT2D eigenvalue weighted by Crippen LogP contribution is 2.22. The standard InChI is InChI=1S/C15H18N4O2S.2ClH/c16-6-1-2-7-18-15(21)13-12(5-10-22-13)19-14(20)11-3-8-17-9-4-11;;/h3-5,8-10H,1-2,6-7,16H2,(H,18,21)(H,19,20);2*1H. The number of pyridine rings is 1. The molecule has 0 aromatic carbocycles. The minimum atomic E-state index is -0.266. The Balaban J connectivity index is 0.00000264. The van der Waals surface area contributed by atoms with Gasteiger partial charge in [-0.25, -0.2) is 0 Å². The Labute approximate surface area is 157 Å². The molecule has 0 aliphatic rings. The SMILES string of the molecule is Cl.Cl.NCCCCNC(=O)c1sccc1NC(=O)c1ccncc1. The summed E-state index contributed by atoms with van der Waals surface area (Å²) in [6, 6.07) is 4.96. The zero-order valence-electron chi connectivity index (χ0n) is 12.9. The molecule has 0 radical (unpaired) electrons. The predicted molar refractivity (Wildman–Crippen MR) is 102 cm³/mol. The number of rotatable bonds is 7. The maximum atomic E-state index is 12.1. The van der Waals surface area contributed by atoms with Crippen molar-refractivity contribution in [2.24, 2.45) is 5.73 Å². The Hall–Kier alpha value is -1.67. The number of hydrogen-bond donors (Lipinski definition) is 3. The summed E-state index contributed by atoms with van der Waals surface area (Å²) >= 11 is 1.29. The molecular formula is C15H20Cl2N4O2S. The number of amides is 2. The van der Waals surface area contributed by atoms with Gasteiger partial charge >= 0.3 is 0 Å². The first-order chi connectivity index (χ1) is 10.7. The second-order valence-corrected chi connectivity index (χ2v) is 5.52. The Bertz CT molecular complexity index is 637. The van der Waals surface area contributed by atoms with E-state index < -0.39 is 0 Å². The molecule has 132 valence electrons. The molecule has 24 heavy (non-hydrogen) atoms. The summed E-state index contributed by atoms with van der Waals surface area (Å²) in [6.45, 7) is 1.19. The van der Waals surface area contributed by atoms with Gasteiger partial charge in [0.15, 0.2) is 0 Å². The average Bonchev–Trinajstić information content (AvgIpc) is 3.00. The smallest absolute Gasteiger partial charge is 0.263 e. The van der Waals surface area contributed by atoms with Gasteiger partial charge in [-0.3, -0.25) is 14.6 Å². The van der Waals surface area contributed by atoms with Gasteiger partial charge in [-0.1, -0.05) is 0 Å². The van der Waals surface area contributed by atoms with Gasteiger partial charge < -0.3 is 16.4 Å². The van der Waals surface area contributed by atoms with Crippen molar-refractivity contribution in [3.8, 4) is 0 Å². The highest BCUT2D eigenvalue weighted by Gasteiger charge is 2.15. The van der Waals surface area contributed by atoms with Crippen LogP contribution in [0.1, 0.15) is 32.9 Å². The lowest BCUT2D eigenvalue weighted by Crippen LogP contribution is -2.25. The first-order valence-corrected chi connectivity index (χ1v) is 7.87. The van der Waals surface area contributed by atoms with Gasteiger partial charge in [-0.15, -0.1) is 36.2 Å². The third-order valence-electron chi connectivity index (χ3n) is 2.98. The van der Waals surface area contributed by atoms with Gasteiger partial charge in [0.1, 0.15) is 4.88 Å². The normalized spacial score (nSPS) is 9.38. The number of unbranched alkanes of at least 4 members (excludes halogenated alkanes) is 1. The minimum Gasteiger partial charge on any atom is -0.351 e. The zero-order valence-corrected chi connectivity index (χ0v) is 15.3. The summed E-state index contributed by atoms with van der Waals surface area (Å²) in [7, 11) is 0. The topological polar surface area (TPSA) is 97.1 Å². The Morgan fingerprint density at radius 1 is 1.08 bits per heavy atom. The van der Waals surface area contributed by atoms with Crippen LogP contribution in [-0.2, 0) is 0 Å². The van der Waals surface area contributed by atoms with Crippen molar-refractivity contribution < 1.29 is 9.59 Å². The minimum absolute atomic E-state index is 0. The molecule has 2 aromatic rings. The second-order valence-electron chi connectivity index (χ2n) is 4.61. The first-order valence-electron chi connectivity index (χ1n) is 6.99. The van der Waals surface area contributed by atoms with Gasteiger partial charge in [0.2, 0.25) is 0 Å². The average molecular weight is 391 g/mol. The predicted octanol–water partition coefficient (Wildman–Crippen LogP) is 2.71. The van der Waals surface area contributed by atoms with Crippen LogP contribution in [0.3, 0.4) is 0 Å². The Morgan fingerprint density at radius 2 is 1.79 bits per heavy atom. The summed E-state index contributed by atoms with van der Waals surface area (Å²) in [5.74, 6) is -0.449. The molecule has 2 aromatic heterocycles. The third kappa shape index (κ3) is 6.45. The van der Waals surface area contributed by atoms with Crippen molar-refractivity contribution in [2.75, 3.05) is 18.4 Å². The summed E-state index contributed by atoms with van der Waals surface area (Å²) in [4.78, 5) is 28.6. The Kier molecular flexibility index (Phi) is 11.0. The molecule has 0 saturated carbocycles. The molecule has 0 unspecified atom stereocenters. The summed E-state index contributed by atoms with van der Waals surface area (Å²) in [5.41, 5.74) is 6.42.